The Kier molecular flexibility index (Phi) is 6.50. The van der Waals surface area contributed by atoms with Gasteiger partial charge in [-0.2, -0.15) is 22.0 Å². The van der Waals surface area contributed by atoms with Gasteiger partial charge in [0.05, 0.1) is 6.10 Å². The van der Waals surface area contributed by atoms with Gasteiger partial charge in [-0.05, 0) is 73.0 Å². The number of hydrogen-bond donors (Lipinski definition) is 0. The average Bonchev–Trinajstić information content (AvgIpc) is 2.58. The van der Waals surface area contributed by atoms with Crippen LogP contribution in [0.25, 0.3) is 0 Å². The van der Waals surface area contributed by atoms with Gasteiger partial charge in [-0.15, -0.1) is 0 Å². The normalized spacial score (nSPS) is 32.7. The maximum Gasteiger partial charge on any atom is 0.454 e. The lowest BCUT2D eigenvalue weighted by Crippen LogP contribution is -2.63. The average molecular weight is 469 g/mol. The third-order valence-electron chi connectivity index (χ3n) is 7.91. The molecule has 0 saturated heterocycles. The van der Waals surface area contributed by atoms with Crippen molar-refractivity contribution < 1.29 is 36.2 Å². The summed E-state index contributed by atoms with van der Waals surface area (Å²) in [4.78, 5) is 13.1. The van der Waals surface area contributed by atoms with Gasteiger partial charge >= 0.3 is 18.1 Å². The minimum Gasteiger partial charge on any atom is -0.438 e. The Morgan fingerprint density at radius 3 is 1.66 bits per heavy atom. The zero-order chi connectivity index (χ0) is 24.3. The molecular weight excluding hydrogens is 431 g/mol. The summed E-state index contributed by atoms with van der Waals surface area (Å²) in [5.41, 5.74) is -5.80. The van der Waals surface area contributed by atoms with Gasteiger partial charge in [-0.25, -0.2) is 0 Å². The molecule has 4 bridgehead atoms. The molecule has 0 heterocycles. The van der Waals surface area contributed by atoms with E-state index in [1.165, 1.54) is 48.0 Å². The predicted molar refractivity (Wildman–Crippen MR) is 110 cm³/mol. The number of alkyl halides is 5. The van der Waals surface area contributed by atoms with Gasteiger partial charge in [0.15, 0.2) is 6.79 Å². The molecule has 4 fully saturated rings. The summed E-state index contributed by atoms with van der Waals surface area (Å²) < 4.78 is 82.0. The van der Waals surface area contributed by atoms with Crippen molar-refractivity contribution >= 4 is 5.97 Å². The maximum absolute atomic E-state index is 15.1. The molecule has 186 valence electrons. The second-order valence-electron chi connectivity index (χ2n) is 12.6. The lowest BCUT2D eigenvalue weighted by molar-refractivity contribution is -0.344. The first kappa shape index (κ1) is 25.7. The van der Waals surface area contributed by atoms with Crippen LogP contribution < -0.4 is 0 Å². The van der Waals surface area contributed by atoms with E-state index >= 15 is 8.78 Å². The van der Waals surface area contributed by atoms with Crippen LogP contribution in [0.15, 0.2) is 0 Å². The Labute approximate surface area is 187 Å². The second kappa shape index (κ2) is 8.09. The van der Waals surface area contributed by atoms with Crippen molar-refractivity contribution in [2.45, 2.75) is 98.3 Å². The first-order valence-electron chi connectivity index (χ1n) is 11.6. The van der Waals surface area contributed by atoms with Crippen LogP contribution in [0.4, 0.5) is 22.0 Å². The molecule has 4 aliphatic rings. The van der Waals surface area contributed by atoms with Crippen LogP contribution >= 0.6 is 0 Å². The second-order valence-corrected chi connectivity index (χ2v) is 12.6. The summed E-state index contributed by atoms with van der Waals surface area (Å²) in [7, 11) is 0. The van der Waals surface area contributed by atoms with E-state index in [1.54, 1.807) is 0 Å². The van der Waals surface area contributed by atoms with Crippen LogP contribution in [-0.2, 0) is 14.3 Å². The molecule has 8 heteroatoms. The number of carbonyl (C=O) groups excluding carboxylic acids is 1. The molecule has 0 N–H and O–H groups in total. The molecule has 4 saturated carbocycles. The van der Waals surface area contributed by atoms with Gasteiger partial charge in [-0.1, -0.05) is 41.5 Å². The standard InChI is InChI=1S/C24H37F5O3/c1-20(2,3)12-22(21(4,5)6,23(25,26)24(27,28)29)19(30)32-13-31-18-16-8-14-7-15(10-16)11-17(18)9-14/h14-18H,7-13H2,1-6H3. The van der Waals surface area contributed by atoms with Crippen LogP contribution in [0, 0.1) is 39.9 Å². The lowest BCUT2D eigenvalue weighted by atomic mass is 9.55. The molecule has 0 radical (unpaired) electrons. The molecule has 32 heavy (non-hydrogen) atoms. The quantitative estimate of drug-likeness (QED) is 0.239. The minimum absolute atomic E-state index is 0.120. The lowest BCUT2D eigenvalue weighted by Gasteiger charge is -2.54. The third-order valence-corrected chi connectivity index (χ3v) is 7.91. The number of hydrogen-bond acceptors (Lipinski definition) is 3. The highest BCUT2D eigenvalue weighted by Crippen LogP contribution is 2.61. The van der Waals surface area contributed by atoms with E-state index in [2.05, 4.69) is 0 Å². The van der Waals surface area contributed by atoms with Crippen molar-refractivity contribution in [3.63, 3.8) is 0 Å². The fraction of sp³-hybridized carbons (Fsp3) is 0.958. The first-order chi connectivity index (χ1) is 14.4. The summed E-state index contributed by atoms with van der Waals surface area (Å²) in [6, 6.07) is 0. The molecule has 0 aliphatic heterocycles. The molecule has 0 aromatic carbocycles. The Balaban J connectivity index is 1.81. The monoisotopic (exact) mass is 468 g/mol. The topological polar surface area (TPSA) is 35.5 Å². The Bertz CT molecular complexity index is 676. The SMILES string of the molecule is CC(C)(C)CC(C(=O)OCOC1C2CC3CC(C2)CC1C3)(C(C)(C)C)C(F)(F)C(F)(F)F. The van der Waals surface area contributed by atoms with Crippen molar-refractivity contribution in [2.75, 3.05) is 6.79 Å². The van der Waals surface area contributed by atoms with Crippen LogP contribution in [0.5, 0.6) is 0 Å². The largest absolute Gasteiger partial charge is 0.454 e. The number of halogens is 5. The number of ether oxygens (including phenoxy) is 2. The minimum atomic E-state index is -5.90. The maximum atomic E-state index is 15.1. The number of rotatable bonds is 6. The zero-order valence-corrected chi connectivity index (χ0v) is 20.0. The Hall–Kier alpha value is -0.920. The van der Waals surface area contributed by atoms with E-state index < -0.39 is 47.5 Å². The van der Waals surface area contributed by atoms with Crippen molar-refractivity contribution in [3.05, 3.63) is 0 Å². The molecule has 4 rings (SSSR count). The molecule has 1 atom stereocenters. The third kappa shape index (κ3) is 4.41. The van der Waals surface area contributed by atoms with Crippen molar-refractivity contribution in [1.29, 1.82) is 0 Å². The van der Waals surface area contributed by atoms with Gasteiger partial charge in [0.1, 0.15) is 5.41 Å². The van der Waals surface area contributed by atoms with Crippen LogP contribution in [0.1, 0.15) is 80.1 Å². The van der Waals surface area contributed by atoms with E-state index in [0.29, 0.717) is 23.7 Å². The summed E-state index contributed by atoms with van der Waals surface area (Å²) in [5, 5.41) is 0. The molecule has 0 spiro atoms. The molecule has 1 unspecified atom stereocenters. The van der Waals surface area contributed by atoms with Gasteiger partial charge in [0.2, 0.25) is 0 Å². The summed E-state index contributed by atoms with van der Waals surface area (Å²) >= 11 is 0. The van der Waals surface area contributed by atoms with E-state index in [-0.39, 0.29) is 6.10 Å². The van der Waals surface area contributed by atoms with Gasteiger partial charge in [0, 0.05) is 0 Å². The predicted octanol–water partition coefficient (Wildman–Crippen LogP) is 6.99. The first-order valence-corrected chi connectivity index (χ1v) is 11.6. The van der Waals surface area contributed by atoms with Gasteiger partial charge < -0.3 is 9.47 Å². The zero-order valence-electron chi connectivity index (χ0n) is 20.0. The van der Waals surface area contributed by atoms with E-state index in [1.807, 2.05) is 0 Å². The van der Waals surface area contributed by atoms with Crippen LogP contribution in [0.3, 0.4) is 0 Å². The van der Waals surface area contributed by atoms with Crippen molar-refractivity contribution in [2.24, 2.45) is 39.9 Å². The highest BCUT2D eigenvalue weighted by molar-refractivity contribution is 5.79. The summed E-state index contributed by atoms with van der Waals surface area (Å²) in [6.07, 6.45) is -1.25. The smallest absolute Gasteiger partial charge is 0.438 e. The van der Waals surface area contributed by atoms with Crippen LogP contribution in [0.2, 0.25) is 0 Å². The molecule has 4 aliphatic carbocycles. The van der Waals surface area contributed by atoms with E-state index in [9.17, 15) is 18.0 Å². The fourth-order valence-corrected chi connectivity index (χ4v) is 6.83. The number of esters is 1. The molecule has 0 aromatic heterocycles. The highest BCUT2D eigenvalue weighted by atomic mass is 19.4. The van der Waals surface area contributed by atoms with Crippen molar-refractivity contribution in [3.8, 4) is 0 Å². The van der Waals surface area contributed by atoms with Crippen molar-refractivity contribution in [1.82, 2.24) is 0 Å². The Morgan fingerprint density at radius 2 is 1.28 bits per heavy atom. The van der Waals surface area contributed by atoms with E-state index in [0.717, 1.165) is 25.7 Å². The molecular formula is C24H37F5O3. The van der Waals surface area contributed by atoms with Gasteiger partial charge in [0.25, 0.3) is 0 Å². The summed E-state index contributed by atoms with van der Waals surface area (Å²) in [6.45, 7) is 7.73. The fourth-order valence-electron chi connectivity index (χ4n) is 6.83. The highest BCUT2D eigenvalue weighted by Gasteiger charge is 2.77. The van der Waals surface area contributed by atoms with Crippen LogP contribution in [-0.4, -0.2) is 31.0 Å². The molecule has 0 aromatic rings. The number of carbonyl (C=O) groups is 1. The summed E-state index contributed by atoms with van der Waals surface area (Å²) in [5.74, 6) is -4.72. The molecule has 3 nitrogen and oxygen atoms in total. The molecule has 0 amide bonds. The van der Waals surface area contributed by atoms with E-state index in [4.69, 9.17) is 9.47 Å². The van der Waals surface area contributed by atoms with Gasteiger partial charge in [-0.3, -0.25) is 4.79 Å². The Morgan fingerprint density at radius 1 is 0.812 bits per heavy atom.